The van der Waals surface area contributed by atoms with E-state index in [0.717, 1.165) is 16.8 Å². The van der Waals surface area contributed by atoms with E-state index in [1.54, 1.807) is 6.92 Å². The number of nitrogens with zero attached hydrogens (tertiary/aromatic N) is 5. The van der Waals surface area contributed by atoms with Crippen molar-refractivity contribution in [2.24, 2.45) is 0 Å². The summed E-state index contributed by atoms with van der Waals surface area (Å²) in [5.41, 5.74) is 2.47. The highest BCUT2D eigenvalue weighted by Crippen LogP contribution is 2.31. The molecule has 1 N–H and O–H groups in total. The van der Waals surface area contributed by atoms with Gasteiger partial charge in [0.1, 0.15) is 0 Å². The molecule has 0 bridgehead atoms. The normalized spacial score (nSPS) is 14.4. The second-order valence-corrected chi connectivity index (χ2v) is 5.96. The lowest BCUT2D eigenvalue weighted by Gasteiger charge is -2.35. The van der Waals surface area contributed by atoms with Gasteiger partial charge in [-0.15, -0.1) is 0 Å². The summed E-state index contributed by atoms with van der Waals surface area (Å²) >= 11 is 0. The Kier molecular flexibility index (Phi) is 3.68. The Bertz CT molecular complexity index is 912. The van der Waals surface area contributed by atoms with Crippen LogP contribution in [0.15, 0.2) is 27.2 Å². The van der Waals surface area contributed by atoms with Gasteiger partial charge in [-0.2, -0.15) is 9.97 Å². The van der Waals surface area contributed by atoms with Crippen LogP contribution >= 0.6 is 0 Å². The van der Waals surface area contributed by atoms with Gasteiger partial charge in [-0.1, -0.05) is 17.3 Å². The second-order valence-electron chi connectivity index (χ2n) is 5.96. The molecule has 1 fully saturated rings. The number of benzene rings is 1. The maximum Gasteiger partial charge on any atom is 0.266 e. The molecule has 1 amide bonds. The number of nitrogens with one attached hydrogen (secondary N) is 1. The molecule has 0 atom stereocenters. The molecule has 9 nitrogen and oxygen atoms in total. The van der Waals surface area contributed by atoms with Crippen LogP contribution in [0.25, 0.3) is 11.4 Å². The smallest absolute Gasteiger partial charge is 0.266 e. The highest BCUT2D eigenvalue weighted by Gasteiger charge is 2.35. The minimum Gasteiger partial charge on any atom is -0.339 e. The molecule has 25 heavy (non-hydrogen) atoms. The lowest BCUT2D eigenvalue weighted by Crippen LogP contribution is -2.45. The average molecular weight is 340 g/mol. The van der Waals surface area contributed by atoms with Gasteiger partial charge in [0.05, 0.1) is 5.92 Å². The minimum absolute atomic E-state index is 0.137. The Morgan fingerprint density at radius 2 is 2.04 bits per heavy atom. The summed E-state index contributed by atoms with van der Waals surface area (Å²) < 4.78 is 10.4. The number of rotatable bonds is 5. The minimum atomic E-state index is 0.137. The second kappa shape index (κ2) is 6.00. The van der Waals surface area contributed by atoms with E-state index < -0.39 is 0 Å². The maximum absolute atomic E-state index is 10.7. The quantitative estimate of drug-likeness (QED) is 0.701. The van der Waals surface area contributed by atoms with Crippen LogP contribution in [0.5, 0.6) is 0 Å². The van der Waals surface area contributed by atoms with Gasteiger partial charge in [-0.25, -0.2) is 0 Å². The zero-order valence-corrected chi connectivity index (χ0v) is 13.8. The van der Waals surface area contributed by atoms with Gasteiger partial charge in [-0.3, -0.25) is 4.79 Å². The molecule has 4 rings (SSSR count). The molecule has 3 heterocycles. The lowest BCUT2D eigenvalue weighted by molar-refractivity contribution is -0.105. The van der Waals surface area contributed by atoms with E-state index in [1.165, 1.54) is 0 Å². The SMILES string of the molecule is Cc1nc(N2CC(c3nc(-c4ccc(C)c(NC=O)c4)no3)C2)no1. The number of carbonyl (C=O) groups is 1. The first kappa shape index (κ1) is 15.3. The van der Waals surface area contributed by atoms with Crippen LogP contribution < -0.4 is 10.2 Å². The largest absolute Gasteiger partial charge is 0.339 e. The highest BCUT2D eigenvalue weighted by atomic mass is 16.5. The molecule has 0 unspecified atom stereocenters. The molecule has 0 aliphatic carbocycles. The molecular weight excluding hydrogens is 324 g/mol. The van der Waals surface area contributed by atoms with Crippen molar-refractivity contribution < 1.29 is 13.8 Å². The maximum atomic E-state index is 10.7. The fraction of sp³-hybridized carbons (Fsp3) is 0.312. The van der Waals surface area contributed by atoms with Crippen molar-refractivity contribution in [2.75, 3.05) is 23.3 Å². The first-order valence-electron chi connectivity index (χ1n) is 7.84. The monoisotopic (exact) mass is 340 g/mol. The predicted octanol–water partition coefficient (Wildman–Crippen LogP) is 1.91. The number of hydrogen-bond donors (Lipinski definition) is 1. The molecule has 9 heteroatoms. The van der Waals surface area contributed by atoms with Crippen LogP contribution in [0.2, 0.25) is 0 Å². The Labute approximate surface area is 143 Å². The van der Waals surface area contributed by atoms with Crippen molar-refractivity contribution in [2.45, 2.75) is 19.8 Å². The summed E-state index contributed by atoms with van der Waals surface area (Å²) in [5, 5.41) is 10.6. The van der Waals surface area contributed by atoms with E-state index in [-0.39, 0.29) is 5.92 Å². The van der Waals surface area contributed by atoms with Crippen molar-refractivity contribution in [1.82, 2.24) is 20.3 Å². The first-order valence-corrected chi connectivity index (χ1v) is 7.84. The molecule has 1 aliphatic rings. The first-order chi connectivity index (χ1) is 12.1. The van der Waals surface area contributed by atoms with E-state index in [9.17, 15) is 4.79 Å². The fourth-order valence-corrected chi connectivity index (χ4v) is 2.71. The average Bonchev–Trinajstić information content (AvgIpc) is 3.18. The lowest BCUT2D eigenvalue weighted by atomic mass is 10.0. The van der Waals surface area contributed by atoms with E-state index in [2.05, 4.69) is 25.6 Å². The van der Waals surface area contributed by atoms with Crippen molar-refractivity contribution >= 4 is 18.0 Å². The van der Waals surface area contributed by atoms with Gasteiger partial charge < -0.3 is 19.3 Å². The topological polar surface area (TPSA) is 110 Å². The van der Waals surface area contributed by atoms with E-state index in [0.29, 0.717) is 43.1 Å². The van der Waals surface area contributed by atoms with Gasteiger partial charge in [0, 0.05) is 31.3 Å². The third-order valence-corrected chi connectivity index (χ3v) is 4.18. The van der Waals surface area contributed by atoms with E-state index in [4.69, 9.17) is 9.05 Å². The molecule has 2 aromatic heterocycles. The highest BCUT2D eigenvalue weighted by molar-refractivity contribution is 5.76. The Morgan fingerprint density at radius 1 is 1.20 bits per heavy atom. The molecule has 128 valence electrons. The van der Waals surface area contributed by atoms with Crippen molar-refractivity contribution in [3.63, 3.8) is 0 Å². The molecule has 1 aromatic carbocycles. The summed E-state index contributed by atoms with van der Waals surface area (Å²) in [5.74, 6) is 2.34. The summed E-state index contributed by atoms with van der Waals surface area (Å²) in [7, 11) is 0. The van der Waals surface area contributed by atoms with Crippen LogP contribution in [0.4, 0.5) is 11.6 Å². The van der Waals surface area contributed by atoms with Crippen molar-refractivity contribution in [3.05, 3.63) is 35.5 Å². The Morgan fingerprint density at radius 3 is 2.76 bits per heavy atom. The van der Waals surface area contributed by atoms with Crippen LogP contribution in [0, 0.1) is 13.8 Å². The number of aromatic nitrogens is 4. The van der Waals surface area contributed by atoms with Gasteiger partial charge in [0.25, 0.3) is 5.95 Å². The number of aryl methyl sites for hydroxylation is 2. The van der Waals surface area contributed by atoms with Crippen molar-refractivity contribution in [3.8, 4) is 11.4 Å². The fourth-order valence-electron chi connectivity index (χ4n) is 2.71. The van der Waals surface area contributed by atoms with E-state index in [1.807, 2.05) is 30.0 Å². The van der Waals surface area contributed by atoms with Gasteiger partial charge in [0.2, 0.25) is 24.0 Å². The summed E-state index contributed by atoms with van der Waals surface area (Å²) in [6.45, 7) is 5.08. The van der Waals surface area contributed by atoms with Crippen LogP contribution in [-0.4, -0.2) is 39.8 Å². The zero-order chi connectivity index (χ0) is 17.4. The van der Waals surface area contributed by atoms with Crippen LogP contribution in [-0.2, 0) is 4.79 Å². The van der Waals surface area contributed by atoms with Gasteiger partial charge >= 0.3 is 0 Å². The standard InChI is InChI=1S/C16H16N6O3/c1-9-3-4-11(5-13(9)17-8-23)14-19-15(25-20-14)12-6-22(7-12)16-18-10(2)24-21-16/h3-5,8,12H,6-7H2,1-2H3,(H,17,23). The number of anilines is 2. The molecular formula is C16H16N6O3. The molecule has 1 aliphatic heterocycles. The number of hydrogen-bond acceptors (Lipinski definition) is 8. The summed E-state index contributed by atoms with van der Waals surface area (Å²) in [4.78, 5) is 21.3. The molecule has 1 saturated heterocycles. The van der Waals surface area contributed by atoms with Gasteiger partial charge in [0.15, 0.2) is 0 Å². The van der Waals surface area contributed by atoms with Crippen LogP contribution in [0.1, 0.15) is 23.3 Å². The van der Waals surface area contributed by atoms with Gasteiger partial charge in [-0.05, 0) is 23.7 Å². The predicted molar refractivity (Wildman–Crippen MR) is 88.1 cm³/mol. The van der Waals surface area contributed by atoms with Crippen molar-refractivity contribution in [1.29, 1.82) is 0 Å². The number of carbonyl (C=O) groups excluding carboxylic acids is 1. The van der Waals surface area contributed by atoms with E-state index >= 15 is 0 Å². The molecule has 0 saturated carbocycles. The zero-order valence-electron chi connectivity index (χ0n) is 13.8. The Hall–Kier alpha value is -3.23. The van der Waals surface area contributed by atoms with Crippen LogP contribution in [0.3, 0.4) is 0 Å². The third kappa shape index (κ3) is 2.84. The molecule has 3 aromatic rings. The summed E-state index contributed by atoms with van der Waals surface area (Å²) in [6, 6.07) is 5.63. The third-order valence-electron chi connectivity index (χ3n) is 4.18. The molecule has 0 spiro atoms. The molecule has 0 radical (unpaired) electrons. The Balaban J connectivity index is 1.48. The number of amides is 1. The summed E-state index contributed by atoms with van der Waals surface area (Å²) in [6.07, 6.45) is 0.649.